The van der Waals surface area contributed by atoms with Crippen molar-refractivity contribution in [1.82, 2.24) is 14.8 Å². The standard InChI is InChI=1S/C14H21FN4O/c1-18(2)14(6-4-7-14)9-19(3)13(20)10-5-8-17-12(16)11(10)15/h5,8H,4,6-7,9H2,1-3H3,(H2,16,17). The fraction of sp³-hybridized carbons (Fsp3) is 0.571. The highest BCUT2D eigenvalue weighted by Crippen LogP contribution is 2.36. The molecule has 1 aromatic rings. The molecule has 1 aromatic heterocycles. The number of amides is 1. The predicted octanol–water partition coefficient (Wildman–Crippen LogP) is 1.36. The number of nitrogens with two attached hydrogens (primary N) is 1. The molecule has 1 saturated carbocycles. The molecule has 0 atom stereocenters. The number of hydrogen-bond donors (Lipinski definition) is 1. The maximum atomic E-state index is 13.9. The van der Waals surface area contributed by atoms with E-state index in [1.54, 1.807) is 11.9 Å². The third-order valence-electron chi connectivity index (χ3n) is 4.26. The summed E-state index contributed by atoms with van der Waals surface area (Å²) in [6.45, 7) is 0.584. The number of hydrogen-bond acceptors (Lipinski definition) is 4. The van der Waals surface area contributed by atoms with Crippen LogP contribution in [0.1, 0.15) is 29.6 Å². The van der Waals surface area contributed by atoms with Gasteiger partial charge in [0.25, 0.3) is 5.91 Å². The summed E-state index contributed by atoms with van der Waals surface area (Å²) >= 11 is 0. The van der Waals surface area contributed by atoms with Gasteiger partial charge in [-0.15, -0.1) is 0 Å². The van der Waals surface area contributed by atoms with Crippen molar-refractivity contribution in [3.63, 3.8) is 0 Å². The molecule has 1 amide bonds. The van der Waals surface area contributed by atoms with Crippen molar-refractivity contribution in [1.29, 1.82) is 0 Å². The van der Waals surface area contributed by atoms with Gasteiger partial charge in [0.05, 0.1) is 5.56 Å². The Morgan fingerprint density at radius 1 is 1.45 bits per heavy atom. The molecule has 0 saturated heterocycles. The summed E-state index contributed by atoms with van der Waals surface area (Å²) < 4.78 is 13.9. The lowest BCUT2D eigenvalue weighted by molar-refractivity contribution is 0.0250. The Hall–Kier alpha value is -1.69. The summed E-state index contributed by atoms with van der Waals surface area (Å²) in [6.07, 6.45) is 4.62. The van der Waals surface area contributed by atoms with E-state index in [9.17, 15) is 9.18 Å². The Kier molecular flexibility index (Phi) is 3.94. The number of halogens is 1. The number of nitrogen functional groups attached to an aromatic ring is 1. The third-order valence-corrected chi connectivity index (χ3v) is 4.26. The number of rotatable bonds is 4. The Labute approximate surface area is 118 Å². The molecule has 2 N–H and O–H groups in total. The summed E-state index contributed by atoms with van der Waals surface area (Å²) in [4.78, 5) is 19.7. The first-order valence-corrected chi connectivity index (χ1v) is 6.70. The first-order valence-electron chi connectivity index (χ1n) is 6.70. The Balaban J connectivity index is 2.15. The zero-order chi connectivity index (χ0) is 14.9. The van der Waals surface area contributed by atoms with Crippen LogP contribution in [0.15, 0.2) is 12.3 Å². The van der Waals surface area contributed by atoms with Crippen molar-refractivity contribution in [3.05, 3.63) is 23.6 Å². The largest absolute Gasteiger partial charge is 0.381 e. The number of nitrogens with zero attached hydrogens (tertiary/aromatic N) is 3. The fourth-order valence-electron chi connectivity index (χ4n) is 2.68. The second kappa shape index (κ2) is 5.36. The average Bonchev–Trinajstić information content (AvgIpc) is 2.35. The molecule has 1 heterocycles. The second-order valence-corrected chi connectivity index (χ2v) is 5.69. The van der Waals surface area contributed by atoms with Gasteiger partial charge in [-0.1, -0.05) is 0 Å². The zero-order valence-electron chi connectivity index (χ0n) is 12.2. The molecule has 0 spiro atoms. The number of pyridine rings is 1. The van der Waals surface area contributed by atoms with Gasteiger partial charge in [0.1, 0.15) is 0 Å². The minimum absolute atomic E-state index is 0.0134. The topological polar surface area (TPSA) is 62.5 Å². The molecule has 20 heavy (non-hydrogen) atoms. The summed E-state index contributed by atoms with van der Waals surface area (Å²) in [5.74, 6) is -1.34. The molecule has 0 unspecified atom stereocenters. The Morgan fingerprint density at radius 3 is 2.60 bits per heavy atom. The summed E-state index contributed by atoms with van der Waals surface area (Å²) in [5.41, 5.74) is 5.40. The third kappa shape index (κ3) is 2.47. The van der Waals surface area contributed by atoms with Gasteiger partial charge in [-0.3, -0.25) is 4.79 Å². The number of carbonyl (C=O) groups excluding carboxylic acids is 1. The van der Waals surface area contributed by atoms with E-state index in [0.29, 0.717) is 6.54 Å². The van der Waals surface area contributed by atoms with Gasteiger partial charge in [0, 0.05) is 25.3 Å². The van der Waals surface area contributed by atoms with Gasteiger partial charge in [-0.25, -0.2) is 9.37 Å². The van der Waals surface area contributed by atoms with E-state index < -0.39 is 5.82 Å². The highest BCUT2D eigenvalue weighted by atomic mass is 19.1. The molecule has 0 radical (unpaired) electrons. The van der Waals surface area contributed by atoms with Crippen LogP contribution < -0.4 is 5.73 Å². The second-order valence-electron chi connectivity index (χ2n) is 5.69. The van der Waals surface area contributed by atoms with E-state index >= 15 is 0 Å². The molecule has 0 aromatic carbocycles. The SMILES string of the molecule is CN(CC1(N(C)C)CCC1)C(=O)c1ccnc(N)c1F. The van der Waals surface area contributed by atoms with Gasteiger partial charge < -0.3 is 15.5 Å². The number of likely N-dealkylation sites (N-methyl/N-ethyl adjacent to an activating group) is 2. The minimum atomic E-state index is -0.739. The maximum absolute atomic E-state index is 13.9. The number of anilines is 1. The molecule has 2 rings (SSSR count). The van der Waals surface area contributed by atoms with Crippen molar-refractivity contribution in [2.75, 3.05) is 33.4 Å². The minimum Gasteiger partial charge on any atom is -0.381 e. The Bertz CT molecular complexity index is 514. The lowest BCUT2D eigenvalue weighted by Crippen LogP contribution is -2.57. The van der Waals surface area contributed by atoms with E-state index in [1.807, 2.05) is 14.1 Å². The number of carbonyl (C=O) groups is 1. The van der Waals surface area contributed by atoms with Crippen LogP contribution in [-0.4, -0.2) is 53.9 Å². The molecular weight excluding hydrogens is 259 g/mol. The molecule has 1 fully saturated rings. The highest BCUT2D eigenvalue weighted by molar-refractivity contribution is 5.95. The first-order chi connectivity index (χ1) is 9.37. The number of aromatic nitrogens is 1. The normalized spacial score (nSPS) is 16.9. The van der Waals surface area contributed by atoms with Crippen LogP contribution in [0.4, 0.5) is 10.2 Å². The smallest absolute Gasteiger partial charge is 0.256 e. The molecule has 5 nitrogen and oxygen atoms in total. The van der Waals surface area contributed by atoms with Crippen LogP contribution in [-0.2, 0) is 0 Å². The molecule has 0 aliphatic heterocycles. The van der Waals surface area contributed by atoms with Crippen LogP contribution in [0.2, 0.25) is 0 Å². The van der Waals surface area contributed by atoms with Gasteiger partial charge in [0.15, 0.2) is 11.6 Å². The maximum Gasteiger partial charge on any atom is 0.256 e. The van der Waals surface area contributed by atoms with Crippen LogP contribution in [0.3, 0.4) is 0 Å². The van der Waals surface area contributed by atoms with Crippen LogP contribution in [0.25, 0.3) is 0 Å². The molecule has 1 aliphatic rings. The quantitative estimate of drug-likeness (QED) is 0.904. The predicted molar refractivity (Wildman–Crippen MR) is 75.8 cm³/mol. The zero-order valence-corrected chi connectivity index (χ0v) is 12.2. The van der Waals surface area contributed by atoms with Gasteiger partial charge in [-0.2, -0.15) is 0 Å². The van der Waals surface area contributed by atoms with Crippen LogP contribution in [0, 0.1) is 5.82 Å². The molecule has 0 bridgehead atoms. The van der Waals surface area contributed by atoms with E-state index in [0.717, 1.165) is 19.3 Å². The van der Waals surface area contributed by atoms with E-state index in [1.165, 1.54) is 12.3 Å². The summed E-state index contributed by atoms with van der Waals surface area (Å²) in [5, 5.41) is 0. The van der Waals surface area contributed by atoms with Crippen molar-refractivity contribution >= 4 is 11.7 Å². The van der Waals surface area contributed by atoms with Gasteiger partial charge >= 0.3 is 0 Å². The van der Waals surface area contributed by atoms with Crippen molar-refractivity contribution in [2.24, 2.45) is 0 Å². The van der Waals surface area contributed by atoms with Crippen molar-refractivity contribution < 1.29 is 9.18 Å². The molecule has 1 aliphatic carbocycles. The molecular formula is C14H21FN4O. The fourth-order valence-corrected chi connectivity index (χ4v) is 2.68. The van der Waals surface area contributed by atoms with Crippen LogP contribution in [0.5, 0.6) is 0 Å². The van der Waals surface area contributed by atoms with Crippen molar-refractivity contribution in [2.45, 2.75) is 24.8 Å². The van der Waals surface area contributed by atoms with E-state index in [2.05, 4.69) is 9.88 Å². The molecule has 110 valence electrons. The van der Waals surface area contributed by atoms with Crippen LogP contribution >= 0.6 is 0 Å². The molecule has 6 heteroatoms. The average molecular weight is 280 g/mol. The highest BCUT2D eigenvalue weighted by Gasteiger charge is 2.41. The monoisotopic (exact) mass is 280 g/mol. The lowest BCUT2D eigenvalue weighted by Gasteiger charge is -2.49. The summed E-state index contributed by atoms with van der Waals surface area (Å²) in [7, 11) is 5.73. The van der Waals surface area contributed by atoms with Gasteiger partial charge in [-0.05, 0) is 39.4 Å². The summed E-state index contributed by atoms with van der Waals surface area (Å²) in [6, 6.07) is 1.37. The lowest BCUT2D eigenvalue weighted by atomic mass is 9.75. The van der Waals surface area contributed by atoms with Gasteiger partial charge in [0.2, 0.25) is 0 Å². The van der Waals surface area contributed by atoms with E-state index in [4.69, 9.17) is 5.73 Å². The first kappa shape index (κ1) is 14.7. The van der Waals surface area contributed by atoms with Crippen molar-refractivity contribution in [3.8, 4) is 0 Å². The Morgan fingerprint density at radius 2 is 2.10 bits per heavy atom. The van der Waals surface area contributed by atoms with E-state index in [-0.39, 0.29) is 22.8 Å².